The van der Waals surface area contributed by atoms with Crippen LogP contribution >= 0.6 is 11.8 Å². The Morgan fingerprint density at radius 1 is 1.04 bits per heavy atom. The van der Waals surface area contributed by atoms with Gasteiger partial charge in [0.2, 0.25) is 0 Å². The molecule has 2 aromatic rings. The Bertz CT molecular complexity index is 1010. The molecule has 4 rings (SSSR count). The number of nitrogens with zero attached hydrogens (tertiary/aromatic N) is 2. The molecule has 0 bridgehead atoms. The first-order valence-corrected chi connectivity index (χ1v) is 11.7. The van der Waals surface area contributed by atoms with Gasteiger partial charge < -0.3 is 9.80 Å². The zero-order chi connectivity index (χ0) is 19.7. The fourth-order valence-corrected chi connectivity index (χ4v) is 5.29. The molecule has 0 atom stereocenters. The average Bonchev–Trinajstić information content (AvgIpc) is 2.68. The van der Waals surface area contributed by atoms with Crippen LogP contribution in [-0.2, 0) is 10.1 Å². The summed E-state index contributed by atoms with van der Waals surface area (Å²) in [4.78, 5) is 6.93. The highest BCUT2D eigenvalue weighted by Crippen LogP contribution is 2.46. The van der Waals surface area contributed by atoms with Crippen molar-refractivity contribution in [1.82, 2.24) is 9.80 Å². The highest BCUT2D eigenvalue weighted by Gasteiger charge is 2.23. The van der Waals surface area contributed by atoms with E-state index in [2.05, 4.69) is 35.1 Å². The van der Waals surface area contributed by atoms with Crippen LogP contribution in [0.5, 0.6) is 0 Å². The molecule has 2 aliphatic rings. The van der Waals surface area contributed by atoms with E-state index in [4.69, 9.17) is 0 Å². The molecule has 28 heavy (non-hydrogen) atoms. The highest BCUT2D eigenvalue weighted by molar-refractivity contribution is 7.99. The number of rotatable bonds is 4. The van der Waals surface area contributed by atoms with E-state index in [9.17, 15) is 13.0 Å². The van der Waals surface area contributed by atoms with Gasteiger partial charge >= 0.3 is 0 Å². The normalized spacial score (nSPS) is 19.4. The first kappa shape index (κ1) is 19.7. The third kappa shape index (κ3) is 4.18. The Morgan fingerprint density at radius 3 is 2.50 bits per heavy atom. The van der Waals surface area contributed by atoms with Crippen molar-refractivity contribution < 1.29 is 13.0 Å². The lowest BCUT2D eigenvalue weighted by Crippen LogP contribution is -2.44. The third-order valence-corrected chi connectivity index (χ3v) is 7.33. The third-order valence-electron chi connectivity index (χ3n) is 5.33. The molecule has 1 N–H and O–H groups in total. The molecule has 0 spiro atoms. The summed E-state index contributed by atoms with van der Waals surface area (Å²) < 4.78 is 32.7. The smallest absolute Gasteiger partial charge is 0.294 e. The summed E-state index contributed by atoms with van der Waals surface area (Å²) in [5.41, 5.74) is 3.03. The SMILES string of the molecule is CN1CCN(CC/C=C2\c3ccccc3Sc3ccc(S(=O)(=O)O)cc32)CC1. The van der Waals surface area contributed by atoms with Gasteiger partial charge in [0, 0.05) is 42.5 Å². The monoisotopic (exact) mass is 416 g/mol. The van der Waals surface area contributed by atoms with Crippen molar-refractivity contribution in [1.29, 1.82) is 0 Å². The highest BCUT2D eigenvalue weighted by atomic mass is 32.2. The number of benzene rings is 2. The van der Waals surface area contributed by atoms with Crippen molar-refractivity contribution in [3.63, 3.8) is 0 Å². The van der Waals surface area contributed by atoms with E-state index >= 15 is 0 Å². The van der Waals surface area contributed by atoms with E-state index in [-0.39, 0.29) is 4.90 Å². The number of hydrogen-bond acceptors (Lipinski definition) is 5. The predicted molar refractivity (Wildman–Crippen MR) is 112 cm³/mol. The summed E-state index contributed by atoms with van der Waals surface area (Å²) in [5, 5.41) is 0. The van der Waals surface area contributed by atoms with Gasteiger partial charge in [-0.05, 0) is 54.4 Å². The number of likely N-dealkylation sites (N-methyl/N-ethyl adjacent to an activating group) is 1. The molecule has 148 valence electrons. The lowest BCUT2D eigenvalue weighted by molar-refractivity contribution is 0.156. The summed E-state index contributed by atoms with van der Waals surface area (Å²) >= 11 is 1.63. The Hall–Kier alpha value is -1.64. The molecule has 0 saturated carbocycles. The van der Waals surface area contributed by atoms with Crippen molar-refractivity contribution in [3.05, 3.63) is 59.7 Å². The fourth-order valence-electron chi connectivity index (χ4n) is 3.69. The molecule has 0 unspecified atom stereocenters. The minimum absolute atomic E-state index is 0.0591. The van der Waals surface area contributed by atoms with Crippen LogP contribution in [0.15, 0.2) is 63.2 Å². The van der Waals surface area contributed by atoms with Crippen molar-refractivity contribution in [2.75, 3.05) is 39.8 Å². The zero-order valence-electron chi connectivity index (χ0n) is 15.8. The van der Waals surface area contributed by atoms with E-state index in [0.29, 0.717) is 0 Å². The molecule has 0 radical (unpaired) electrons. The minimum atomic E-state index is -4.23. The lowest BCUT2D eigenvalue weighted by Gasteiger charge is -2.32. The average molecular weight is 417 g/mol. The Labute approximate surface area is 170 Å². The summed E-state index contributed by atoms with van der Waals surface area (Å²) in [6.45, 7) is 5.33. The molecule has 0 aliphatic carbocycles. The topological polar surface area (TPSA) is 60.9 Å². The maximum absolute atomic E-state index is 11.6. The van der Waals surface area contributed by atoms with Gasteiger partial charge in [-0.3, -0.25) is 4.55 Å². The first-order valence-electron chi connectivity index (χ1n) is 9.42. The van der Waals surface area contributed by atoms with Crippen LogP contribution in [0.3, 0.4) is 0 Å². The maximum atomic E-state index is 11.6. The van der Waals surface area contributed by atoms with Crippen LogP contribution in [0.2, 0.25) is 0 Å². The molecule has 0 amide bonds. The van der Waals surface area contributed by atoms with Crippen LogP contribution in [-0.4, -0.2) is 62.5 Å². The second kappa shape index (κ2) is 8.00. The molecule has 1 fully saturated rings. The Balaban J connectivity index is 1.65. The first-order chi connectivity index (χ1) is 13.4. The second-order valence-electron chi connectivity index (χ2n) is 7.28. The molecule has 1 saturated heterocycles. The molecule has 7 heteroatoms. The van der Waals surface area contributed by atoms with Crippen LogP contribution in [0.4, 0.5) is 0 Å². The van der Waals surface area contributed by atoms with Crippen LogP contribution in [0.25, 0.3) is 5.57 Å². The molecule has 2 aliphatic heterocycles. The number of hydrogen-bond donors (Lipinski definition) is 1. The summed E-state index contributed by atoms with van der Waals surface area (Å²) in [6.07, 6.45) is 3.11. The lowest BCUT2D eigenvalue weighted by atomic mass is 9.96. The van der Waals surface area contributed by atoms with E-state index in [1.165, 1.54) is 11.0 Å². The standard InChI is InChI=1S/C21H24N2O3S2/c1-22-11-13-23(14-12-22)10-4-6-17-18-5-2-3-7-20(18)27-21-9-8-16(15-19(17)21)28(24,25)26/h2-3,5-9,15H,4,10-14H2,1H3,(H,24,25,26)/b17-6+. The summed E-state index contributed by atoms with van der Waals surface area (Å²) in [6, 6.07) is 13.0. The zero-order valence-corrected chi connectivity index (χ0v) is 17.5. The van der Waals surface area contributed by atoms with Gasteiger partial charge in [0.05, 0.1) is 4.90 Å². The minimum Gasteiger partial charge on any atom is -0.304 e. The van der Waals surface area contributed by atoms with Gasteiger partial charge in [-0.1, -0.05) is 36.0 Å². The Morgan fingerprint density at radius 2 is 1.75 bits per heavy atom. The van der Waals surface area contributed by atoms with E-state index in [1.807, 2.05) is 12.1 Å². The number of fused-ring (bicyclic) bond motifs is 2. The molecule has 2 aromatic carbocycles. The van der Waals surface area contributed by atoms with Gasteiger partial charge in [-0.15, -0.1) is 0 Å². The van der Waals surface area contributed by atoms with E-state index < -0.39 is 10.1 Å². The predicted octanol–water partition coefficient (Wildman–Crippen LogP) is 3.47. The quantitative estimate of drug-likeness (QED) is 0.657. The second-order valence-corrected chi connectivity index (χ2v) is 9.79. The van der Waals surface area contributed by atoms with Gasteiger partial charge in [0.15, 0.2) is 0 Å². The van der Waals surface area contributed by atoms with E-state index in [1.54, 1.807) is 23.9 Å². The molecule has 5 nitrogen and oxygen atoms in total. The summed E-state index contributed by atoms with van der Waals surface area (Å²) in [5.74, 6) is 0. The van der Waals surface area contributed by atoms with Crippen LogP contribution in [0, 0.1) is 0 Å². The maximum Gasteiger partial charge on any atom is 0.294 e. The van der Waals surface area contributed by atoms with Gasteiger partial charge in [-0.25, -0.2) is 0 Å². The van der Waals surface area contributed by atoms with Crippen molar-refractivity contribution in [3.8, 4) is 0 Å². The molecular formula is C21H24N2O3S2. The van der Waals surface area contributed by atoms with Gasteiger partial charge in [0.1, 0.15) is 0 Å². The van der Waals surface area contributed by atoms with E-state index in [0.717, 1.165) is 60.7 Å². The fraction of sp³-hybridized carbons (Fsp3) is 0.333. The van der Waals surface area contributed by atoms with Crippen molar-refractivity contribution >= 4 is 27.5 Å². The molecular weight excluding hydrogens is 392 g/mol. The van der Waals surface area contributed by atoms with Crippen molar-refractivity contribution in [2.45, 2.75) is 21.1 Å². The van der Waals surface area contributed by atoms with Crippen LogP contribution < -0.4 is 0 Å². The van der Waals surface area contributed by atoms with Crippen molar-refractivity contribution in [2.24, 2.45) is 0 Å². The molecule has 2 heterocycles. The Kier molecular flexibility index (Phi) is 5.62. The summed E-state index contributed by atoms with van der Waals surface area (Å²) in [7, 11) is -2.08. The van der Waals surface area contributed by atoms with Gasteiger partial charge in [-0.2, -0.15) is 8.42 Å². The molecule has 0 aromatic heterocycles. The van der Waals surface area contributed by atoms with Crippen LogP contribution in [0.1, 0.15) is 17.5 Å². The largest absolute Gasteiger partial charge is 0.304 e. The van der Waals surface area contributed by atoms with Gasteiger partial charge in [0.25, 0.3) is 10.1 Å². The number of piperazine rings is 1.